The number of nitrogens with one attached hydrogen (secondary N) is 1. The van der Waals surface area contributed by atoms with E-state index >= 15 is 0 Å². The van der Waals surface area contributed by atoms with Crippen molar-refractivity contribution in [1.29, 1.82) is 0 Å². The van der Waals surface area contributed by atoms with Crippen LogP contribution in [0.25, 0.3) is 11.3 Å². The van der Waals surface area contributed by atoms with E-state index in [0.29, 0.717) is 12.2 Å². The Bertz CT molecular complexity index is 1030. The summed E-state index contributed by atoms with van der Waals surface area (Å²) in [5.41, 5.74) is 3.90. The number of hydrogen-bond acceptors (Lipinski definition) is 4. The van der Waals surface area contributed by atoms with Gasteiger partial charge in [-0.2, -0.15) is 5.10 Å². The lowest BCUT2D eigenvalue weighted by molar-refractivity contribution is -0.384. The second kappa shape index (κ2) is 7.87. The van der Waals surface area contributed by atoms with E-state index in [0.717, 1.165) is 41.6 Å². The van der Waals surface area contributed by atoms with E-state index in [9.17, 15) is 14.9 Å². The number of non-ortho nitro benzene ring substituents is 1. The molecule has 0 aliphatic carbocycles. The summed E-state index contributed by atoms with van der Waals surface area (Å²) in [7, 11) is 0. The molecule has 7 heteroatoms. The van der Waals surface area contributed by atoms with Gasteiger partial charge in [0.15, 0.2) is 0 Å². The third-order valence-corrected chi connectivity index (χ3v) is 5.33. The van der Waals surface area contributed by atoms with Gasteiger partial charge in [-0.15, -0.1) is 0 Å². The molecule has 0 bridgehead atoms. The van der Waals surface area contributed by atoms with Crippen LogP contribution in [-0.4, -0.2) is 32.5 Å². The monoisotopic (exact) mass is 390 g/mol. The second-order valence-corrected chi connectivity index (χ2v) is 7.18. The summed E-state index contributed by atoms with van der Waals surface area (Å²) >= 11 is 0. The van der Waals surface area contributed by atoms with Gasteiger partial charge in [0.2, 0.25) is 0 Å². The molecule has 0 radical (unpaired) electrons. The van der Waals surface area contributed by atoms with Gasteiger partial charge >= 0.3 is 0 Å². The standard InChI is InChI=1S/C22H22N4O3/c1-2-3-7-14-25-21(16-10-12-17(13-11-16)26(28)29)18-19(15-8-5-4-6-9-15)23-24-20(18)22(25)27/h4-6,8-13,21H,2-3,7,14H2,1H3,(H,23,24). The van der Waals surface area contributed by atoms with Crippen molar-refractivity contribution in [3.8, 4) is 11.3 Å². The predicted molar refractivity (Wildman–Crippen MR) is 110 cm³/mol. The third kappa shape index (κ3) is 3.40. The number of H-pyrrole nitrogens is 1. The molecular weight excluding hydrogens is 368 g/mol. The Morgan fingerprint density at radius 3 is 2.48 bits per heavy atom. The zero-order chi connectivity index (χ0) is 20.4. The van der Waals surface area contributed by atoms with Gasteiger partial charge in [0.25, 0.3) is 11.6 Å². The molecule has 3 aromatic rings. The van der Waals surface area contributed by atoms with Gasteiger partial charge in [0.1, 0.15) is 5.69 Å². The summed E-state index contributed by atoms with van der Waals surface area (Å²) in [5, 5.41) is 18.4. The lowest BCUT2D eigenvalue weighted by atomic mass is 9.96. The molecule has 1 atom stereocenters. The summed E-state index contributed by atoms with van der Waals surface area (Å²) in [6.07, 6.45) is 3.00. The minimum atomic E-state index is -0.415. The molecule has 0 saturated heterocycles. The molecule has 7 nitrogen and oxygen atoms in total. The fraction of sp³-hybridized carbons (Fsp3) is 0.273. The summed E-state index contributed by atoms with van der Waals surface area (Å²) < 4.78 is 0. The molecule has 1 unspecified atom stereocenters. The SMILES string of the molecule is CCCCCN1C(=O)c2[nH]nc(-c3ccccc3)c2C1c1ccc([N+](=O)[O-])cc1. The minimum Gasteiger partial charge on any atom is -0.326 e. The fourth-order valence-corrected chi connectivity index (χ4v) is 3.90. The van der Waals surface area contributed by atoms with E-state index in [1.165, 1.54) is 12.1 Å². The molecule has 2 heterocycles. The number of nitro benzene ring substituents is 1. The number of amides is 1. The van der Waals surface area contributed by atoms with Crippen LogP contribution in [-0.2, 0) is 0 Å². The molecule has 4 rings (SSSR count). The first-order valence-corrected chi connectivity index (χ1v) is 9.80. The summed E-state index contributed by atoms with van der Waals surface area (Å²) in [6, 6.07) is 15.9. The van der Waals surface area contributed by atoms with Crippen molar-refractivity contribution in [3.05, 3.63) is 81.5 Å². The lowest BCUT2D eigenvalue weighted by Gasteiger charge is -2.26. The third-order valence-electron chi connectivity index (χ3n) is 5.33. The maximum absolute atomic E-state index is 13.1. The van der Waals surface area contributed by atoms with Gasteiger partial charge < -0.3 is 4.90 Å². The molecule has 0 spiro atoms. The molecule has 1 N–H and O–H groups in total. The largest absolute Gasteiger partial charge is 0.326 e. The number of benzene rings is 2. The highest BCUT2D eigenvalue weighted by atomic mass is 16.6. The highest BCUT2D eigenvalue weighted by Crippen LogP contribution is 2.43. The number of aromatic amines is 1. The molecule has 1 aromatic heterocycles. The van der Waals surface area contributed by atoms with Crippen LogP contribution < -0.4 is 0 Å². The topological polar surface area (TPSA) is 92.1 Å². The van der Waals surface area contributed by atoms with Gasteiger partial charge in [-0.05, 0) is 24.1 Å². The van der Waals surface area contributed by atoms with Crippen molar-refractivity contribution < 1.29 is 9.72 Å². The minimum absolute atomic E-state index is 0.0336. The van der Waals surface area contributed by atoms with Crippen LogP contribution in [0.3, 0.4) is 0 Å². The Morgan fingerprint density at radius 1 is 1.10 bits per heavy atom. The van der Waals surface area contributed by atoms with Gasteiger partial charge in [-0.25, -0.2) is 0 Å². The number of nitrogens with zero attached hydrogens (tertiary/aromatic N) is 3. The molecule has 0 saturated carbocycles. The molecule has 0 fully saturated rings. The van der Waals surface area contributed by atoms with Crippen molar-refractivity contribution in [2.24, 2.45) is 0 Å². The Morgan fingerprint density at radius 2 is 1.83 bits per heavy atom. The zero-order valence-corrected chi connectivity index (χ0v) is 16.2. The highest BCUT2D eigenvalue weighted by molar-refractivity contribution is 6.00. The fourth-order valence-electron chi connectivity index (χ4n) is 3.90. The van der Waals surface area contributed by atoms with Crippen LogP contribution in [0.2, 0.25) is 0 Å². The van der Waals surface area contributed by atoms with Gasteiger partial charge in [-0.3, -0.25) is 20.0 Å². The van der Waals surface area contributed by atoms with Crippen molar-refractivity contribution >= 4 is 11.6 Å². The predicted octanol–water partition coefficient (Wildman–Crippen LogP) is 4.72. The number of rotatable bonds is 7. The number of carbonyl (C=O) groups excluding carboxylic acids is 1. The maximum Gasteiger partial charge on any atom is 0.273 e. The van der Waals surface area contributed by atoms with Crippen LogP contribution in [0, 0.1) is 10.1 Å². The Kier molecular flexibility index (Phi) is 5.12. The van der Waals surface area contributed by atoms with E-state index in [1.807, 2.05) is 35.2 Å². The summed E-state index contributed by atoms with van der Waals surface area (Å²) in [6.45, 7) is 2.75. The first kappa shape index (κ1) is 18.9. The normalized spacial score (nSPS) is 15.6. The van der Waals surface area contributed by atoms with Gasteiger partial charge in [-0.1, -0.05) is 50.1 Å². The average Bonchev–Trinajstić information content (AvgIpc) is 3.28. The molecule has 2 aromatic carbocycles. The maximum atomic E-state index is 13.1. The van der Waals surface area contributed by atoms with Crippen molar-refractivity contribution in [2.45, 2.75) is 32.2 Å². The summed E-state index contributed by atoms with van der Waals surface area (Å²) in [5.74, 6) is -0.0749. The molecule has 1 aliphatic rings. The van der Waals surface area contributed by atoms with Gasteiger partial charge in [0.05, 0.1) is 16.7 Å². The van der Waals surface area contributed by atoms with Crippen molar-refractivity contribution in [1.82, 2.24) is 15.1 Å². The van der Waals surface area contributed by atoms with Crippen molar-refractivity contribution in [3.63, 3.8) is 0 Å². The van der Waals surface area contributed by atoms with Crippen LogP contribution in [0.5, 0.6) is 0 Å². The van der Waals surface area contributed by atoms with Crippen molar-refractivity contribution in [2.75, 3.05) is 6.54 Å². The quantitative estimate of drug-likeness (QED) is 0.359. The number of hydrogen-bond donors (Lipinski definition) is 1. The van der Waals surface area contributed by atoms with E-state index in [2.05, 4.69) is 17.1 Å². The Balaban J connectivity index is 1.80. The Labute approximate surface area is 168 Å². The Hall–Kier alpha value is -3.48. The first-order valence-electron chi connectivity index (χ1n) is 9.80. The molecule has 1 aliphatic heterocycles. The second-order valence-electron chi connectivity index (χ2n) is 7.18. The van der Waals surface area contributed by atoms with Crippen LogP contribution in [0.1, 0.15) is 53.8 Å². The van der Waals surface area contributed by atoms with Crippen LogP contribution in [0.4, 0.5) is 5.69 Å². The molecule has 148 valence electrons. The number of nitro groups is 1. The summed E-state index contributed by atoms with van der Waals surface area (Å²) in [4.78, 5) is 25.6. The average molecular weight is 390 g/mol. The molecule has 1 amide bonds. The molecule has 29 heavy (non-hydrogen) atoms. The number of unbranched alkanes of at least 4 members (excludes halogenated alkanes) is 2. The van der Waals surface area contributed by atoms with Gasteiger partial charge in [0, 0.05) is 29.8 Å². The van der Waals surface area contributed by atoms with E-state index in [4.69, 9.17) is 0 Å². The number of aromatic nitrogens is 2. The smallest absolute Gasteiger partial charge is 0.273 e. The highest BCUT2D eigenvalue weighted by Gasteiger charge is 2.41. The first-order chi connectivity index (χ1) is 14.1. The van der Waals surface area contributed by atoms with E-state index in [-0.39, 0.29) is 17.6 Å². The zero-order valence-electron chi connectivity index (χ0n) is 16.2. The number of carbonyl (C=O) groups is 1. The lowest BCUT2D eigenvalue weighted by Crippen LogP contribution is -2.30. The van der Waals surface area contributed by atoms with Crippen LogP contribution in [0.15, 0.2) is 54.6 Å². The van der Waals surface area contributed by atoms with E-state index in [1.54, 1.807) is 12.1 Å². The van der Waals surface area contributed by atoms with E-state index < -0.39 is 4.92 Å². The molecular formula is C22H22N4O3. The van der Waals surface area contributed by atoms with Crippen LogP contribution >= 0.6 is 0 Å². The number of fused-ring (bicyclic) bond motifs is 1.